The summed E-state index contributed by atoms with van der Waals surface area (Å²) >= 11 is 0. The molecule has 28 heavy (non-hydrogen) atoms. The van der Waals surface area contributed by atoms with Gasteiger partial charge in [0.2, 0.25) is 0 Å². The van der Waals surface area contributed by atoms with Crippen LogP contribution in [0.1, 0.15) is 36.8 Å². The van der Waals surface area contributed by atoms with Crippen LogP contribution >= 0.6 is 0 Å². The number of Topliss-reactive ketones (excluding diaryl/α,β-unsaturated/α-hetero) is 1. The zero-order chi connectivity index (χ0) is 19.3. The van der Waals surface area contributed by atoms with Crippen LogP contribution < -0.4 is 0 Å². The van der Waals surface area contributed by atoms with Crippen molar-refractivity contribution in [3.63, 3.8) is 0 Å². The van der Waals surface area contributed by atoms with Crippen LogP contribution in [-0.2, 0) is 15.6 Å². The molecule has 3 nitrogen and oxygen atoms in total. The van der Waals surface area contributed by atoms with Crippen LogP contribution in [0, 0.1) is 0 Å². The van der Waals surface area contributed by atoms with Crippen molar-refractivity contribution < 1.29 is 4.79 Å². The summed E-state index contributed by atoms with van der Waals surface area (Å²) in [7, 11) is 0. The molecule has 0 aromatic heterocycles. The molecule has 0 saturated carbocycles. The van der Waals surface area contributed by atoms with Gasteiger partial charge in [-0.05, 0) is 24.0 Å². The SMILES string of the molecule is O=C(CC1(c2ccccc2)C=CN=CC1)CC1(c2ccccc2)C=CN=CC1. The number of aliphatic imine (C=N–C) groups is 2. The molecular formula is C25H24N2O. The lowest BCUT2D eigenvalue weighted by atomic mass is 9.68. The Balaban J connectivity index is 1.61. The first-order valence-electron chi connectivity index (χ1n) is 9.74. The van der Waals surface area contributed by atoms with E-state index in [1.165, 1.54) is 11.1 Å². The van der Waals surface area contributed by atoms with Crippen LogP contribution in [0.3, 0.4) is 0 Å². The standard InChI is InChI=1S/C25H24N2O/c28-23(19-24(11-15-26-16-12-24)21-7-3-1-4-8-21)20-25(13-17-27-18-14-25)22-9-5-2-6-10-22/h1-11,13,15-18H,12,14,19-20H2. The van der Waals surface area contributed by atoms with Gasteiger partial charge in [-0.1, -0.05) is 72.8 Å². The number of nitrogens with zero attached hydrogens (tertiary/aromatic N) is 2. The second kappa shape index (κ2) is 7.89. The van der Waals surface area contributed by atoms with E-state index < -0.39 is 0 Å². The van der Waals surface area contributed by atoms with Crippen LogP contribution in [-0.4, -0.2) is 18.2 Å². The van der Waals surface area contributed by atoms with E-state index in [-0.39, 0.29) is 16.6 Å². The summed E-state index contributed by atoms with van der Waals surface area (Å²) in [6.07, 6.45) is 14.1. The first kappa shape index (κ1) is 18.3. The van der Waals surface area contributed by atoms with Crippen molar-refractivity contribution >= 4 is 18.2 Å². The van der Waals surface area contributed by atoms with E-state index in [4.69, 9.17) is 0 Å². The molecular weight excluding hydrogens is 344 g/mol. The van der Waals surface area contributed by atoms with Crippen molar-refractivity contribution in [1.82, 2.24) is 0 Å². The summed E-state index contributed by atoms with van der Waals surface area (Å²) < 4.78 is 0. The third kappa shape index (κ3) is 3.65. The predicted octanol–water partition coefficient (Wildman–Crippen LogP) is 5.19. The molecule has 2 aromatic carbocycles. The minimum atomic E-state index is -0.315. The molecule has 0 N–H and O–H groups in total. The van der Waals surface area contributed by atoms with Crippen molar-refractivity contribution in [2.75, 3.05) is 0 Å². The monoisotopic (exact) mass is 368 g/mol. The van der Waals surface area contributed by atoms with Gasteiger partial charge in [0.05, 0.1) is 0 Å². The fraction of sp³-hybridized carbons (Fsp3) is 0.240. The Bertz CT molecular complexity index is 866. The van der Waals surface area contributed by atoms with Gasteiger partial charge in [-0.15, -0.1) is 0 Å². The van der Waals surface area contributed by atoms with Crippen molar-refractivity contribution in [2.24, 2.45) is 9.98 Å². The van der Waals surface area contributed by atoms with Crippen LogP contribution in [0.25, 0.3) is 0 Å². The predicted molar refractivity (Wildman–Crippen MR) is 115 cm³/mol. The van der Waals surface area contributed by atoms with Crippen LogP contribution in [0.2, 0.25) is 0 Å². The van der Waals surface area contributed by atoms with E-state index >= 15 is 0 Å². The molecule has 2 heterocycles. The van der Waals surface area contributed by atoms with Gasteiger partial charge in [0.15, 0.2) is 0 Å². The maximum absolute atomic E-state index is 13.4. The zero-order valence-electron chi connectivity index (χ0n) is 15.9. The number of benzene rings is 2. The largest absolute Gasteiger partial charge is 0.300 e. The first-order chi connectivity index (χ1) is 13.7. The minimum absolute atomic E-state index is 0.257. The smallest absolute Gasteiger partial charge is 0.135 e. The number of carbonyl (C=O) groups excluding carboxylic acids is 1. The molecule has 0 spiro atoms. The van der Waals surface area contributed by atoms with Crippen LogP contribution in [0.4, 0.5) is 0 Å². The van der Waals surface area contributed by atoms with Crippen LogP contribution in [0.15, 0.2) is 95.2 Å². The minimum Gasteiger partial charge on any atom is -0.300 e. The molecule has 2 atom stereocenters. The third-order valence-electron chi connectivity index (χ3n) is 5.80. The van der Waals surface area contributed by atoms with Gasteiger partial charge >= 0.3 is 0 Å². The molecule has 140 valence electrons. The highest BCUT2D eigenvalue weighted by molar-refractivity contribution is 5.84. The molecule has 0 radical (unpaired) electrons. The lowest BCUT2D eigenvalue weighted by Gasteiger charge is -2.34. The molecule has 3 heteroatoms. The van der Waals surface area contributed by atoms with Crippen molar-refractivity contribution in [1.29, 1.82) is 0 Å². The molecule has 0 amide bonds. The molecule has 2 aliphatic heterocycles. The summed E-state index contributed by atoms with van der Waals surface area (Å²) in [4.78, 5) is 21.9. The molecule has 0 fully saturated rings. The number of allylic oxidation sites excluding steroid dienone is 2. The summed E-state index contributed by atoms with van der Waals surface area (Å²) in [5, 5.41) is 0. The van der Waals surface area contributed by atoms with Gasteiger partial charge in [-0.25, -0.2) is 0 Å². The van der Waals surface area contributed by atoms with E-state index in [0.29, 0.717) is 12.8 Å². The van der Waals surface area contributed by atoms with Crippen molar-refractivity contribution in [3.05, 3.63) is 96.3 Å². The van der Waals surface area contributed by atoms with E-state index in [9.17, 15) is 4.79 Å². The lowest BCUT2D eigenvalue weighted by molar-refractivity contribution is -0.120. The van der Waals surface area contributed by atoms with E-state index in [2.05, 4.69) is 46.4 Å². The quantitative estimate of drug-likeness (QED) is 0.692. The number of rotatable bonds is 6. The summed E-state index contributed by atoms with van der Waals surface area (Å²) in [5.41, 5.74) is 1.70. The molecule has 0 bridgehead atoms. The molecule has 2 aromatic rings. The maximum atomic E-state index is 13.4. The fourth-order valence-corrected chi connectivity index (χ4v) is 4.26. The summed E-state index contributed by atoms with van der Waals surface area (Å²) in [6, 6.07) is 20.6. The Morgan fingerprint density at radius 3 is 1.50 bits per heavy atom. The molecule has 2 aliphatic rings. The lowest BCUT2D eigenvalue weighted by Crippen LogP contribution is -2.34. The molecule has 0 aliphatic carbocycles. The summed E-state index contributed by atoms with van der Waals surface area (Å²) in [6.45, 7) is 0. The van der Waals surface area contributed by atoms with Gasteiger partial charge in [-0.3, -0.25) is 14.8 Å². The van der Waals surface area contributed by atoms with Crippen molar-refractivity contribution in [2.45, 2.75) is 36.5 Å². The normalized spacial score (nSPS) is 25.7. The Hall–Kier alpha value is -3.07. The van der Waals surface area contributed by atoms with E-state index in [1.807, 2.05) is 61.2 Å². The highest BCUT2D eigenvalue weighted by Gasteiger charge is 2.37. The number of ketones is 1. The number of hydrogen-bond acceptors (Lipinski definition) is 3. The fourth-order valence-electron chi connectivity index (χ4n) is 4.26. The average Bonchev–Trinajstić information content (AvgIpc) is 2.76. The van der Waals surface area contributed by atoms with E-state index in [0.717, 1.165) is 12.8 Å². The Morgan fingerprint density at radius 1 is 0.714 bits per heavy atom. The number of hydrogen-bond donors (Lipinski definition) is 0. The highest BCUT2D eigenvalue weighted by atomic mass is 16.1. The van der Waals surface area contributed by atoms with Gasteiger partial charge in [0.1, 0.15) is 5.78 Å². The average molecular weight is 368 g/mol. The van der Waals surface area contributed by atoms with E-state index in [1.54, 1.807) is 0 Å². The van der Waals surface area contributed by atoms with Gasteiger partial charge in [0, 0.05) is 48.5 Å². The van der Waals surface area contributed by atoms with Crippen LogP contribution in [0.5, 0.6) is 0 Å². The Kier molecular flexibility index (Phi) is 5.16. The topological polar surface area (TPSA) is 41.8 Å². The second-order valence-electron chi connectivity index (χ2n) is 7.64. The Labute approximate surface area is 166 Å². The third-order valence-corrected chi connectivity index (χ3v) is 5.80. The molecule has 2 unspecified atom stereocenters. The van der Waals surface area contributed by atoms with Gasteiger partial charge in [-0.2, -0.15) is 0 Å². The highest BCUT2D eigenvalue weighted by Crippen LogP contribution is 2.39. The summed E-state index contributed by atoms with van der Waals surface area (Å²) in [5.74, 6) is 0.257. The zero-order valence-corrected chi connectivity index (χ0v) is 15.9. The van der Waals surface area contributed by atoms with Crippen molar-refractivity contribution in [3.8, 4) is 0 Å². The number of carbonyl (C=O) groups is 1. The molecule has 4 rings (SSSR count). The first-order valence-corrected chi connectivity index (χ1v) is 9.74. The Morgan fingerprint density at radius 2 is 1.14 bits per heavy atom. The second-order valence-corrected chi connectivity index (χ2v) is 7.64. The van der Waals surface area contributed by atoms with Gasteiger partial charge < -0.3 is 0 Å². The van der Waals surface area contributed by atoms with Gasteiger partial charge in [0.25, 0.3) is 0 Å². The maximum Gasteiger partial charge on any atom is 0.135 e. The molecule has 0 saturated heterocycles.